The number of rotatable bonds is 1. The molecule has 0 aliphatic rings. The van der Waals surface area contributed by atoms with Crippen molar-refractivity contribution in [3.63, 3.8) is 0 Å². The van der Waals surface area contributed by atoms with Crippen LogP contribution in [0.4, 0.5) is 0 Å². The van der Waals surface area contributed by atoms with Gasteiger partial charge in [0.15, 0.2) is 0 Å². The molecule has 3 nitrogen and oxygen atoms in total. The van der Waals surface area contributed by atoms with Gasteiger partial charge in [-0.2, -0.15) is 0 Å². The zero-order valence-electron chi connectivity index (χ0n) is 7.31. The van der Waals surface area contributed by atoms with Crippen LogP contribution in [0.15, 0.2) is 36.9 Å². The van der Waals surface area contributed by atoms with Crippen LogP contribution in [0.25, 0.3) is 11.3 Å². The second-order valence-corrected chi connectivity index (χ2v) is 2.74. The van der Waals surface area contributed by atoms with Crippen molar-refractivity contribution in [3.8, 4) is 11.3 Å². The van der Waals surface area contributed by atoms with Crippen molar-refractivity contribution in [1.82, 2.24) is 15.0 Å². The number of aryl methyl sites for hydroxylation is 1. The predicted molar refractivity (Wildman–Crippen MR) is 50.0 cm³/mol. The average Bonchev–Trinajstić information content (AvgIpc) is 2.20. The molecule has 2 heterocycles. The minimum Gasteiger partial charge on any atom is -0.256 e. The third-order valence-electron chi connectivity index (χ3n) is 1.85. The Morgan fingerprint density at radius 2 is 2.08 bits per heavy atom. The Labute approximate surface area is 76.5 Å². The van der Waals surface area contributed by atoms with E-state index >= 15 is 0 Å². The van der Waals surface area contributed by atoms with E-state index in [0.29, 0.717) is 0 Å². The molecule has 0 radical (unpaired) electrons. The fraction of sp³-hybridized carbons (Fsp3) is 0.100. The lowest BCUT2D eigenvalue weighted by atomic mass is 10.1. The van der Waals surface area contributed by atoms with Gasteiger partial charge in [-0.3, -0.25) is 4.98 Å². The summed E-state index contributed by atoms with van der Waals surface area (Å²) in [5, 5.41) is 0. The van der Waals surface area contributed by atoms with Crippen LogP contribution in [0.3, 0.4) is 0 Å². The molecule has 0 fully saturated rings. The van der Waals surface area contributed by atoms with Crippen LogP contribution in [-0.4, -0.2) is 15.0 Å². The Kier molecular flexibility index (Phi) is 2.00. The van der Waals surface area contributed by atoms with E-state index in [2.05, 4.69) is 15.0 Å². The molecule has 0 bridgehead atoms. The Morgan fingerprint density at radius 1 is 1.15 bits per heavy atom. The molecular weight excluding hydrogens is 162 g/mol. The number of aromatic nitrogens is 3. The predicted octanol–water partition coefficient (Wildman–Crippen LogP) is 1.85. The Morgan fingerprint density at radius 3 is 2.77 bits per heavy atom. The minimum atomic E-state index is 0.917. The number of nitrogens with zero attached hydrogens (tertiary/aromatic N) is 3. The summed E-state index contributed by atoms with van der Waals surface area (Å²) >= 11 is 0. The van der Waals surface area contributed by atoms with E-state index in [1.54, 1.807) is 18.7 Å². The van der Waals surface area contributed by atoms with Crippen LogP contribution in [0.2, 0.25) is 0 Å². The number of pyridine rings is 1. The van der Waals surface area contributed by atoms with Crippen LogP contribution in [-0.2, 0) is 0 Å². The van der Waals surface area contributed by atoms with E-state index in [1.165, 1.54) is 0 Å². The van der Waals surface area contributed by atoms with Gasteiger partial charge in [0.2, 0.25) is 0 Å². The summed E-state index contributed by atoms with van der Waals surface area (Å²) in [5.74, 6) is 0. The molecule has 2 aromatic rings. The summed E-state index contributed by atoms with van der Waals surface area (Å²) in [5.41, 5.74) is 2.86. The molecule has 0 aliphatic carbocycles. The second kappa shape index (κ2) is 3.31. The molecule has 2 rings (SSSR count). The first kappa shape index (κ1) is 7.86. The van der Waals surface area contributed by atoms with Crippen molar-refractivity contribution in [2.24, 2.45) is 0 Å². The summed E-state index contributed by atoms with van der Waals surface area (Å²) in [6.07, 6.45) is 5.09. The van der Waals surface area contributed by atoms with Gasteiger partial charge in [-0.25, -0.2) is 9.97 Å². The molecule has 0 atom stereocenters. The lowest BCUT2D eigenvalue weighted by molar-refractivity contribution is 1.10. The molecular formula is C10H9N3. The molecule has 0 aromatic carbocycles. The topological polar surface area (TPSA) is 38.7 Å². The van der Waals surface area contributed by atoms with Gasteiger partial charge < -0.3 is 0 Å². The largest absolute Gasteiger partial charge is 0.256 e. The van der Waals surface area contributed by atoms with Gasteiger partial charge in [0.1, 0.15) is 6.33 Å². The van der Waals surface area contributed by atoms with Gasteiger partial charge in [-0.15, -0.1) is 0 Å². The number of hydrogen-bond acceptors (Lipinski definition) is 3. The van der Waals surface area contributed by atoms with E-state index in [9.17, 15) is 0 Å². The van der Waals surface area contributed by atoms with Crippen LogP contribution >= 0.6 is 0 Å². The zero-order valence-corrected chi connectivity index (χ0v) is 7.31. The quantitative estimate of drug-likeness (QED) is 0.657. The summed E-state index contributed by atoms with van der Waals surface area (Å²) in [4.78, 5) is 12.3. The lowest BCUT2D eigenvalue weighted by Crippen LogP contribution is -1.90. The first-order valence-electron chi connectivity index (χ1n) is 4.06. The van der Waals surface area contributed by atoms with Crippen LogP contribution in [0.1, 0.15) is 5.69 Å². The maximum absolute atomic E-state index is 4.23. The fourth-order valence-electron chi connectivity index (χ4n) is 1.16. The van der Waals surface area contributed by atoms with Crippen LogP contribution < -0.4 is 0 Å². The van der Waals surface area contributed by atoms with Crippen molar-refractivity contribution in [2.75, 3.05) is 0 Å². The van der Waals surface area contributed by atoms with E-state index in [1.807, 2.05) is 25.1 Å². The first-order chi connectivity index (χ1) is 6.38. The van der Waals surface area contributed by atoms with Gasteiger partial charge in [0, 0.05) is 18.0 Å². The van der Waals surface area contributed by atoms with Crippen molar-refractivity contribution in [2.45, 2.75) is 6.92 Å². The van der Waals surface area contributed by atoms with Gasteiger partial charge in [-0.1, -0.05) is 6.07 Å². The van der Waals surface area contributed by atoms with Crippen LogP contribution in [0, 0.1) is 6.92 Å². The van der Waals surface area contributed by atoms with Gasteiger partial charge >= 0.3 is 0 Å². The summed E-state index contributed by atoms with van der Waals surface area (Å²) < 4.78 is 0. The number of hydrogen-bond donors (Lipinski definition) is 0. The Hall–Kier alpha value is -1.77. The molecule has 0 unspecified atom stereocenters. The molecule has 13 heavy (non-hydrogen) atoms. The monoisotopic (exact) mass is 171 g/mol. The maximum Gasteiger partial charge on any atom is 0.115 e. The molecule has 0 aliphatic heterocycles. The maximum atomic E-state index is 4.23. The highest BCUT2D eigenvalue weighted by molar-refractivity contribution is 5.59. The second-order valence-electron chi connectivity index (χ2n) is 2.74. The van der Waals surface area contributed by atoms with Crippen LogP contribution in [0.5, 0.6) is 0 Å². The van der Waals surface area contributed by atoms with E-state index in [-0.39, 0.29) is 0 Å². The standard InChI is InChI=1S/C10H9N3/c1-8-9(6-11-7-13-8)10-4-2-3-5-12-10/h2-7H,1H3. The highest BCUT2D eigenvalue weighted by atomic mass is 14.8. The van der Waals surface area contributed by atoms with Crippen molar-refractivity contribution < 1.29 is 0 Å². The van der Waals surface area contributed by atoms with Crippen molar-refractivity contribution in [3.05, 3.63) is 42.6 Å². The summed E-state index contributed by atoms with van der Waals surface area (Å²) in [7, 11) is 0. The highest BCUT2D eigenvalue weighted by Gasteiger charge is 2.01. The molecule has 0 saturated carbocycles. The van der Waals surface area contributed by atoms with E-state index in [0.717, 1.165) is 17.0 Å². The normalized spacial score (nSPS) is 9.92. The minimum absolute atomic E-state index is 0.917. The van der Waals surface area contributed by atoms with Crippen molar-refractivity contribution >= 4 is 0 Å². The average molecular weight is 171 g/mol. The molecule has 64 valence electrons. The fourth-order valence-corrected chi connectivity index (χ4v) is 1.16. The third-order valence-corrected chi connectivity index (χ3v) is 1.85. The van der Waals surface area contributed by atoms with Gasteiger partial charge in [0.25, 0.3) is 0 Å². The third kappa shape index (κ3) is 1.54. The summed E-state index contributed by atoms with van der Waals surface area (Å²) in [6.45, 7) is 1.95. The smallest absolute Gasteiger partial charge is 0.115 e. The van der Waals surface area contributed by atoms with E-state index in [4.69, 9.17) is 0 Å². The molecule has 0 saturated heterocycles. The first-order valence-corrected chi connectivity index (χ1v) is 4.06. The Balaban J connectivity index is 2.54. The molecule has 0 amide bonds. The van der Waals surface area contributed by atoms with Gasteiger partial charge in [-0.05, 0) is 19.1 Å². The molecule has 2 aromatic heterocycles. The van der Waals surface area contributed by atoms with Crippen molar-refractivity contribution in [1.29, 1.82) is 0 Å². The van der Waals surface area contributed by atoms with E-state index < -0.39 is 0 Å². The summed E-state index contributed by atoms with van der Waals surface area (Å²) in [6, 6.07) is 5.79. The highest BCUT2D eigenvalue weighted by Crippen LogP contribution is 2.16. The van der Waals surface area contributed by atoms with Gasteiger partial charge in [0.05, 0.1) is 11.4 Å². The zero-order chi connectivity index (χ0) is 9.10. The Bertz CT molecular complexity index is 398. The molecule has 3 heteroatoms. The molecule has 0 spiro atoms. The lowest BCUT2D eigenvalue weighted by Gasteiger charge is -2.01. The molecule has 0 N–H and O–H groups in total. The SMILES string of the molecule is Cc1ncncc1-c1ccccn1.